The van der Waals surface area contributed by atoms with Crippen LogP contribution in [0.4, 0.5) is 0 Å². The van der Waals surface area contributed by atoms with Gasteiger partial charge in [-0.1, -0.05) is 20.8 Å². The van der Waals surface area contributed by atoms with Gasteiger partial charge >= 0.3 is 0 Å². The van der Waals surface area contributed by atoms with Gasteiger partial charge in [0.05, 0.1) is 5.69 Å². The van der Waals surface area contributed by atoms with Gasteiger partial charge in [-0.25, -0.2) is 15.0 Å². The molecule has 0 aromatic carbocycles. The number of hydrogen-bond acceptors (Lipinski definition) is 5. The predicted molar refractivity (Wildman–Crippen MR) is 112 cm³/mol. The number of piperidine rings is 1. The Balaban J connectivity index is 1.50. The third kappa shape index (κ3) is 2.93. The van der Waals surface area contributed by atoms with Crippen molar-refractivity contribution >= 4 is 11.7 Å². The van der Waals surface area contributed by atoms with Gasteiger partial charge < -0.3 is 9.88 Å². The van der Waals surface area contributed by atoms with Crippen molar-refractivity contribution in [3.8, 4) is 0 Å². The van der Waals surface area contributed by atoms with Gasteiger partial charge in [0.1, 0.15) is 11.5 Å². The summed E-state index contributed by atoms with van der Waals surface area (Å²) in [7, 11) is 0. The summed E-state index contributed by atoms with van der Waals surface area (Å²) in [5, 5.41) is 0. The first kappa shape index (κ1) is 19.0. The van der Waals surface area contributed by atoms with Crippen LogP contribution in [0.1, 0.15) is 67.6 Å². The maximum atomic E-state index is 13.2. The van der Waals surface area contributed by atoms with Gasteiger partial charge in [-0.2, -0.15) is 0 Å². The number of carbonyl (C=O) groups excluding carboxylic acids is 1. The van der Waals surface area contributed by atoms with E-state index in [1.54, 1.807) is 16.8 Å². The van der Waals surface area contributed by atoms with Crippen LogP contribution in [0.5, 0.6) is 0 Å². The van der Waals surface area contributed by atoms with Crippen molar-refractivity contribution in [2.75, 3.05) is 13.1 Å². The second-order valence-corrected chi connectivity index (χ2v) is 9.56. The summed E-state index contributed by atoms with van der Waals surface area (Å²) < 4.78 is 1.76. The fraction of sp³-hybridized carbons (Fsp3) is 0.500. The van der Waals surface area contributed by atoms with Crippen molar-refractivity contribution in [3.05, 3.63) is 57.8 Å². The summed E-state index contributed by atoms with van der Waals surface area (Å²) >= 11 is 0. The van der Waals surface area contributed by atoms with E-state index >= 15 is 0 Å². The first-order valence-corrected chi connectivity index (χ1v) is 10.5. The zero-order chi connectivity index (χ0) is 21.1. The van der Waals surface area contributed by atoms with Gasteiger partial charge in [-0.15, -0.1) is 0 Å². The van der Waals surface area contributed by atoms with Gasteiger partial charge in [0.2, 0.25) is 5.78 Å². The van der Waals surface area contributed by atoms with Crippen LogP contribution in [0.25, 0.3) is 5.78 Å². The lowest BCUT2D eigenvalue weighted by Crippen LogP contribution is -2.48. The fourth-order valence-electron chi connectivity index (χ4n) is 4.80. The standard InChI is InChI=1S/C22H26N6O2/c1-21(2,3)19-25-16-14(17(29)26-19)6-8-22(16)7-4-10-28(13-22)18(30)15-12-27-11-5-9-23-20(27)24-15/h5,9,11-12H,4,6-8,10,13H2,1-3H3,(H,25,26,29). The molecule has 0 radical (unpaired) electrons. The molecule has 2 aliphatic rings. The van der Waals surface area contributed by atoms with Crippen LogP contribution >= 0.6 is 0 Å². The van der Waals surface area contributed by atoms with E-state index in [0.29, 0.717) is 36.8 Å². The monoisotopic (exact) mass is 406 g/mol. The van der Waals surface area contributed by atoms with Crippen LogP contribution in [-0.2, 0) is 17.3 Å². The first-order chi connectivity index (χ1) is 14.3. The van der Waals surface area contributed by atoms with Crippen molar-refractivity contribution in [1.29, 1.82) is 0 Å². The number of hydrogen-bond donors (Lipinski definition) is 1. The van der Waals surface area contributed by atoms with Gasteiger partial charge in [-0.3, -0.25) is 14.0 Å². The average Bonchev–Trinajstić information content (AvgIpc) is 3.29. The van der Waals surface area contributed by atoms with Crippen LogP contribution in [0.2, 0.25) is 0 Å². The summed E-state index contributed by atoms with van der Waals surface area (Å²) in [4.78, 5) is 44.4. The number of carbonyl (C=O) groups is 1. The van der Waals surface area contributed by atoms with Gasteiger partial charge in [-0.05, 0) is 31.7 Å². The van der Waals surface area contributed by atoms with E-state index in [9.17, 15) is 9.59 Å². The zero-order valence-electron chi connectivity index (χ0n) is 17.6. The Kier molecular flexibility index (Phi) is 4.10. The average molecular weight is 406 g/mol. The lowest BCUT2D eigenvalue weighted by molar-refractivity contribution is 0.0627. The first-order valence-electron chi connectivity index (χ1n) is 10.5. The highest BCUT2D eigenvalue weighted by Crippen LogP contribution is 2.43. The highest BCUT2D eigenvalue weighted by Gasteiger charge is 2.46. The number of nitrogens with one attached hydrogen (secondary N) is 1. The molecule has 1 aliphatic carbocycles. The molecule has 30 heavy (non-hydrogen) atoms. The summed E-state index contributed by atoms with van der Waals surface area (Å²) in [6, 6.07) is 1.81. The Bertz CT molecular complexity index is 1170. The molecule has 1 N–H and O–H groups in total. The van der Waals surface area contributed by atoms with E-state index in [0.717, 1.165) is 30.5 Å². The molecule has 4 heterocycles. The molecule has 1 fully saturated rings. The molecular formula is C22H26N6O2. The van der Waals surface area contributed by atoms with Crippen molar-refractivity contribution < 1.29 is 4.79 Å². The maximum Gasteiger partial charge on any atom is 0.274 e. The van der Waals surface area contributed by atoms with Crippen LogP contribution in [0.15, 0.2) is 29.5 Å². The molecule has 3 aromatic rings. The second-order valence-electron chi connectivity index (χ2n) is 9.56. The number of imidazole rings is 1. The van der Waals surface area contributed by atoms with Crippen LogP contribution in [-0.4, -0.2) is 48.2 Å². The van der Waals surface area contributed by atoms with Crippen molar-refractivity contribution in [3.63, 3.8) is 0 Å². The third-order valence-electron chi connectivity index (χ3n) is 6.40. The largest absolute Gasteiger partial charge is 0.336 e. The topological polar surface area (TPSA) is 96.2 Å². The Morgan fingerprint density at radius 1 is 1.23 bits per heavy atom. The Labute approximate surface area is 174 Å². The molecule has 5 rings (SSSR count). The minimum absolute atomic E-state index is 0.0309. The molecule has 8 heteroatoms. The van der Waals surface area contributed by atoms with Crippen LogP contribution < -0.4 is 5.56 Å². The lowest BCUT2D eigenvalue weighted by Gasteiger charge is -2.40. The smallest absolute Gasteiger partial charge is 0.274 e. The summed E-state index contributed by atoms with van der Waals surface area (Å²) in [5.74, 6) is 1.14. The number of H-pyrrole nitrogens is 1. The molecule has 1 spiro atoms. The van der Waals surface area contributed by atoms with E-state index < -0.39 is 0 Å². The Hall–Kier alpha value is -3.03. The molecule has 3 aromatic heterocycles. The molecule has 1 amide bonds. The quantitative estimate of drug-likeness (QED) is 0.669. The molecular weight excluding hydrogens is 380 g/mol. The third-order valence-corrected chi connectivity index (χ3v) is 6.40. The fourth-order valence-corrected chi connectivity index (χ4v) is 4.80. The highest BCUT2D eigenvalue weighted by atomic mass is 16.2. The predicted octanol–water partition coefficient (Wildman–Crippen LogP) is 2.23. The minimum atomic E-state index is -0.255. The maximum absolute atomic E-state index is 13.2. The number of amides is 1. The van der Waals surface area contributed by atoms with E-state index in [2.05, 4.69) is 15.0 Å². The lowest BCUT2D eigenvalue weighted by atomic mass is 9.77. The Morgan fingerprint density at radius 3 is 2.83 bits per heavy atom. The SMILES string of the molecule is CC(C)(C)c1nc2c(c(=O)[nH]1)CCC21CCCN(C(=O)c2cn3cccnc3n2)C1. The van der Waals surface area contributed by atoms with Crippen molar-refractivity contribution in [2.45, 2.75) is 57.3 Å². The second kappa shape index (κ2) is 6.48. The molecule has 8 nitrogen and oxygen atoms in total. The van der Waals surface area contributed by atoms with Gasteiger partial charge in [0.15, 0.2) is 0 Å². The van der Waals surface area contributed by atoms with Crippen LogP contribution in [0.3, 0.4) is 0 Å². The number of nitrogens with zero attached hydrogens (tertiary/aromatic N) is 5. The summed E-state index contributed by atoms with van der Waals surface area (Å²) in [5.41, 5.74) is 1.55. The highest BCUT2D eigenvalue weighted by molar-refractivity contribution is 5.93. The normalized spacial score (nSPS) is 21.4. The van der Waals surface area contributed by atoms with Crippen molar-refractivity contribution in [2.24, 2.45) is 0 Å². The van der Waals surface area contributed by atoms with Gasteiger partial charge in [0.25, 0.3) is 11.5 Å². The number of aromatic nitrogens is 5. The molecule has 1 atom stereocenters. The molecule has 1 saturated heterocycles. The summed E-state index contributed by atoms with van der Waals surface area (Å²) in [6.45, 7) is 7.40. The molecule has 0 saturated carbocycles. The van der Waals surface area contributed by atoms with E-state index in [-0.39, 0.29) is 22.3 Å². The minimum Gasteiger partial charge on any atom is -0.336 e. The Morgan fingerprint density at radius 2 is 2.07 bits per heavy atom. The van der Waals surface area contributed by atoms with E-state index in [1.165, 1.54) is 0 Å². The number of likely N-dealkylation sites (tertiary alicyclic amines) is 1. The number of fused-ring (bicyclic) bond motifs is 3. The zero-order valence-corrected chi connectivity index (χ0v) is 17.6. The van der Waals surface area contributed by atoms with Crippen molar-refractivity contribution in [1.82, 2.24) is 29.2 Å². The summed E-state index contributed by atoms with van der Waals surface area (Å²) in [6.07, 6.45) is 8.62. The molecule has 0 bridgehead atoms. The number of aromatic amines is 1. The molecule has 1 aliphatic heterocycles. The molecule has 1 unspecified atom stereocenters. The van der Waals surface area contributed by atoms with E-state index in [1.807, 2.05) is 37.9 Å². The van der Waals surface area contributed by atoms with E-state index in [4.69, 9.17) is 4.98 Å². The van der Waals surface area contributed by atoms with Gasteiger partial charge in [0, 0.05) is 48.1 Å². The van der Waals surface area contributed by atoms with Crippen LogP contribution in [0, 0.1) is 0 Å². The number of rotatable bonds is 1. The molecule has 156 valence electrons.